The molecule has 104 valence electrons. The zero-order chi connectivity index (χ0) is 13.2. The van der Waals surface area contributed by atoms with Crippen LogP contribution in [0.25, 0.3) is 0 Å². The Labute approximate surface area is 114 Å². The molecule has 0 saturated carbocycles. The fourth-order valence-electron chi connectivity index (χ4n) is 2.95. The summed E-state index contributed by atoms with van der Waals surface area (Å²) in [7, 11) is 0. The minimum Gasteiger partial charge on any atom is -0.393 e. The lowest BCUT2D eigenvalue weighted by molar-refractivity contribution is 0.145. The molecule has 2 fully saturated rings. The number of hydrogen-bond acceptors (Lipinski definition) is 5. The van der Waals surface area contributed by atoms with Gasteiger partial charge in [0.2, 0.25) is 0 Å². The molecule has 0 bridgehead atoms. The highest BCUT2D eigenvalue weighted by atomic mass is 16.3. The molecule has 1 atom stereocenters. The van der Waals surface area contributed by atoms with Gasteiger partial charge in [-0.2, -0.15) is 0 Å². The number of hydrogen-bond donors (Lipinski definition) is 2. The highest BCUT2D eigenvalue weighted by Crippen LogP contribution is 2.25. The zero-order valence-corrected chi connectivity index (χ0v) is 11.5. The number of aromatic nitrogens is 2. The molecule has 2 saturated heterocycles. The first-order chi connectivity index (χ1) is 9.22. The van der Waals surface area contributed by atoms with Crippen molar-refractivity contribution in [3.05, 3.63) is 17.6 Å². The van der Waals surface area contributed by atoms with Crippen LogP contribution in [-0.2, 0) is 0 Å². The largest absolute Gasteiger partial charge is 0.393 e. The van der Waals surface area contributed by atoms with Gasteiger partial charge in [-0.25, -0.2) is 9.97 Å². The summed E-state index contributed by atoms with van der Waals surface area (Å²) in [5, 5.41) is 13.0. The predicted octanol–water partition coefficient (Wildman–Crippen LogP) is 0.823. The highest BCUT2D eigenvalue weighted by molar-refractivity contribution is 5.41. The van der Waals surface area contributed by atoms with Crippen LogP contribution in [0.2, 0.25) is 0 Å². The molecular formula is C14H22N4O. The van der Waals surface area contributed by atoms with E-state index in [0.29, 0.717) is 5.92 Å². The van der Waals surface area contributed by atoms with Crippen molar-refractivity contribution < 1.29 is 5.11 Å². The first-order valence-corrected chi connectivity index (χ1v) is 7.21. The maximum Gasteiger partial charge on any atom is 0.132 e. The molecule has 2 aliphatic rings. The third-order valence-corrected chi connectivity index (χ3v) is 4.11. The van der Waals surface area contributed by atoms with Gasteiger partial charge >= 0.3 is 0 Å². The molecule has 2 aliphatic heterocycles. The lowest BCUT2D eigenvalue weighted by Gasteiger charge is -2.31. The number of nitrogens with zero attached hydrogens (tertiary/aromatic N) is 3. The van der Waals surface area contributed by atoms with Gasteiger partial charge in [0, 0.05) is 31.6 Å². The number of aliphatic hydroxyl groups is 1. The standard InChI is InChI=1S/C14H22N4O/c1-10-16-13(11-2-5-15-9-11)8-14(17-10)18-6-3-12(19)4-7-18/h8,11-12,15,19H,2-7,9H2,1H3. The van der Waals surface area contributed by atoms with Gasteiger partial charge in [0.1, 0.15) is 11.6 Å². The van der Waals surface area contributed by atoms with Gasteiger partial charge in [0.05, 0.1) is 11.8 Å². The van der Waals surface area contributed by atoms with Crippen molar-refractivity contribution in [3.63, 3.8) is 0 Å². The van der Waals surface area contributed by atoms with E-state index in [4.69, 9.17) is 0 Å². The van der Waals surface area contributed by atoms with E-state index in [1.165, 1.54) is 5.69 Å². The van der Waals surface area contributed by atoms with E-state index < -0.39 is 0 Å². The van der Waals surface area contributed by atoms with Crippen molar-refractivity contribution >= 4 is 5.82 Å². The van der Waals surface area contributed by atoms with Crippen LogP contribution in [0, 0.1) is 6.92 Å². The number of rotatable bonds is 2. The minimum absolute atomic E-state index is 0.141. The van der Waals surface area contributed by atoms with Crippen LogP contribution >= 0.6 is 0 Å². The van der Waals surface area contributed by atoms with Gasteiger partial charge in [-0.15, -0.1) is 0 Å². The fourth-order valence-corrected chi connectivity index (χ4v) is 2.95. The number of anilines is 1. The van der Waals surface area contributed by atoms with E-state index in [0.717, 1.165) is 57.1 Å². The molecule has 0 radical (unpaired) electrons. The molecule has 5 heteroatoms. The summed E-state index contributed by atoms with van der Waals surface area (Å²) in [4.78, 5) is 11.4. The fraction of sp³-hybridized carbons (Fsp3) is 0.714. The highest BCUT2D eigenvalue weighted by Gasteiger charge is 2.22. The summed E-state index contributed by atoms with van der Waals surface area (Å²) >= 11 is 0. The van der Waals surface area contributed by atoms with Crippen molar-refractivity contribution in [2.75, 3.05) is 31.1 Å². The average molecular weight is 262 g/mol. The molecule has 3 rings (SSSR count). The van der Waals surface area contributed by atoms with E-state index in [1.807, 2.05) is 6.92 Å². The zero-order valence-electron chi connectivity index (χ0n) is 11.5. The van der Waals surface area contributed by atoms with Crippen LogP contribution in [0.4, 0.5) is 5.82 Å². The molecule has 1 unspecified atom stereocenters. The topological polar surface area (TPSA) is 61.3 Å². The van der Waals surface area contributed by atoms with Crippen molar-refractivity contribution in [2.24, 2.45) is 0 Å². The maximum absolute atomic E-state index is 9.59. The second-order valence-corrected chi connectivity index (χ2v) is 5.61. The van der Waals surface area contributed by atoms with Gasteiger partial charge in [0.15, 0.2) is 0 Å². The predicted molar refractivity (Wildman–Crippen MR) is 74.5 cm³/mol. The third kappa shape index (κ3) is 2.87. The Morgan fingerprint density at radius 3 is 2.74 bits per heavy atom. The first-order valence-electron chi connectivity index (χ1n) is 7.21. The van der Waals surface area contributed by atoms with E-state index in [-0.39, 0.29) is 6.10 Å². The lowest BCUT2D eigenvalue weighted by Crippen LogP contribution is -2.36. The molecule has 1 aromatic heterocycles. The van der Waals surface area contributed by atoms with Gasteiger partial charge in [0.25, 0.3) is 0 Å². The Morgan fingerprint density at radius 2 is 2.05 bits per heavy atom. The lowest BCUT2D eigenvalue weighted by atomic mass is 10.0. The molecule has 0 aromatic carbocycles. The maximum atomic E-state index is 9.59. The molecule has 5 nitrogen and oxygen atoms in total. The van der Waals surface area contributed by atoms with Gasteiger partial charge < -0.3 is 15.3 Å². The molecule has 19 heavy (non-hydrogen) atoms. The summed E-state index contributed by atoms with van der Waals surface area (Å²) in [5.41, 5.74) is 1.17. The number of aryl methyl sites for hydroxylation is 1. The first kappa shape index (κ1) is 12.8. The Morgan fingerprint density at radius 1 is 1.26 bits per heavy atom. The third-order valence-electron chi connectivity index (χ3n) is 4.11. The Kier molecular flexibility index (Phi) is 3.66. The van der Waals surface area contributed by atoms with Crippen LogP contribution in [0.1, 0.15) is 36.7 Å². The normalized spacial score (nSPS) is 24.9. The summed E-state index contributed by atoms with van der Waals surface area (Å²) in [5.74, 6) is 2.41. The number of piperidine rings is 1. The Hall–Kier alpha value is -1.20. The van der Waals surface area contributed by atoms with Crippen molar-refractivity contribution in [1.82, 2.24) is 15.3 Å². The summed E-state index contributed by atoms with van der Waals surface area (Å²) in [6, 6.07) is 2.14. The summed E-state index contributed by atoms with van der Waals surface area (Å²) in [6.07, 6.45) is 2.69. The number of aliphatic hydroxyl groups excluding tert-OH is 1. The van der Waals surface area contributed by atoms with Crippen LogP contribution in [0.15, 0.2) is 6.07 Å². The Balaban J connectivity index is 1.80. The molecule has 0 aliphatic carbocycles. The molecule has 0 spiro atoms. The van der Waals surface area contributed by atoms with Crippen LogP contribution in [0.3, 0.4) is 0 Å². The van der Waals surface area contributed by atoms with E-state index in [1.54, 1.807) is 0 Å². The molecule has 0 amide bonds. The van der Waals surface area contributed by atoms with E-state index >= 15 is 0 Å². The quantitative estimate of drug-likeness (QED) is 0.826. The molecule has 3 heterocycles. The molecular weight excluding hydrogens is 240 g/mol. The van der Waals surface area contributed by atoms with Crippen molar-refractivity contribution in [3.8, 4) is 0 Å². The van der Waals surface area contributed by atoms with Crippen LogP contribution in [-0.4, -0.2) is 47.4 Å². The molecule has 1 aromatic rings. The monoisotopic (exact) mass is 262 g/mol. The van der Waals surface area contributed by atoms with Crippen LogP contribution in [0.5, 0.6) is 0 Å². The SMILES string of the molecule is Cc1nc(C2CCNC2)cc(N2CCC(O)CC2)n1. The van der Waals surface area contributed by atoms with Crippen molar-refractivity contribution in [2.45, 2.75) is 38.2 Å². The van der Waals surface area contributed by atoms with Crippen molar-refractivity contribution in [1.29, 1.82) is 0 Å². The Bertz CT molecular complexity index is 437. The van der Waals surface area contributed by atoms with Crippen LogP contribution < -0.4 is 10.2 Å². The second kappa shape index (κ2) is 5.43. The van der Waals surface area contributed by atoms with Gasteiger partial charge in [-0.1, -0.05) is 0 Å². The molecule has 2 N–H and O–H groups in total. The minimum atomic E-state index is -0.141. The van der Waals surface area contributed by atoms with Gasteiger partial charge in [-0.05, 0) is 32.7 Å². The second-order valence-electron chi connectivity index (χ2n) is 5.61. The summed E-state index contributed by atoms with van der Waals surface area (Å²) in [6.45, 7) is 5.85. The summed E-state index contributed by atoms with van der Waals surface area (Å²) < 4.78 is 0. The average Bonchev–Trinajstić information content (AvgIpc) is 2.93. The number of nitrogens with one attached hydrogen (secondary N) is 1. The van der Waals surface area contributed by atoms with E-state index in [9.17, 15) is 5.11 Å². The smallest absolute Gasteiger partial charge is 0.132 e. The van der Waals surface area contributed by atoms with Gasteiger partial charge in [-0.3, -0.25) is 0 Å². The van der Waals surface area contributed by atoms with E-state index in [2.05, 4.69) is 26.3 Å².